The molecule has 0 aromatic heterocycles. The van der Waals surface area contributed by atoms with Crippen molar-refractivity contribution in [2.24, 2.45) is 11.8 Å². The van der Waals surface area contributed by atoms with Crippen molar-refractivity contribution in [2.75, 3.05) is 40.8 Å². The minimum absolute atomic E-state index is 0.866. The van der Waals surface area contributed by atoms with Gasteiger partial charge in [0.2, 0.25) is 0 Å². The maximum absolute atomic E-state index is 2.60. The summed E-state index contributed by atoms with van der Waals surface area (Å²) in [4.78, 5) is 7.35. The van der Waals surface area contributed by atoms with Crippen LogP contribution in [0, 0.1) is 11.8 Å². The summed E-state index contributed by atoms with van der Waals surface area (Å²) in [6.45, 7) is 10.9. The van der Waals surface area contributed by atoms with Crippen LogP contribution in [0.25, 0.3) is 0 Å². The van der Waals surface area contributed by atoms with Gasteiger partial charge in [-0.2, -0.15) is 0 Å². The summed E-state index contributed by atoms with van der Waals surface area (Å²) < 4.78 is 0. The number of piperidine rings is 2. The van der Waals surface area contributed by atoms with Crippen LogP contribution in [0.15, 0.2) is 0 Å². The Labute approximate surface area is 151 Å². The molecule has 4 aliphatic heterocycles. The third-order valence-corrected chi connectivity index (χ3v) is 6.99. The molecule has 4 fully saturated rings. The van der Waals surface area contributed by atoms with Crippen LogP contribution in [0.4, 0.5) is 0 Å². The molecule has 0 N–H and O–H groups in total. The molecular formula is C21H43N3. The van der Waals surface area contributed by atoms with Gasteiger partial charge < -0.3 is 14.7 Å². The molecule has 4 heterocycles. The average Bonchev–Trinajstić information content (AvgIpc) is 2.78. The van der Waals surface area contributed by atoms with Crippen LogP contribution < -0.4 is 0 Å². The smallest absolute Gasteiger partial charge is 0.00982 e. The van der Waals surface area contributed by atoms with E-state index in [2.05, 4.69) is 56.6 Å². The highest BCUT2D eigenvalue weighted by Gasteiger charge is 2.36. The van der Waals surface area contributed by atoms with Crippen LogP contribution in [0.1, 0.15) is 65.7 Å². The Morgan fingerprint density at radius 3 is 1.46 bits per heavy atom. The van der Waals surface area contributed by atoms with Crippen LogP contribution >= 0.6 is 0 Å². The molecule has 3 unspecified atom stereocenters. The van der Waals surface area contributed by atoms with Gasteiger partial charge in [0.1, 0.15) is 0 Å². The molecule has 0 amide bonds. The monoisotopic (exact) mass is 337 g/mol. The molecule has 0 aromatic rings. The van der Waals surface area contributed by atoms with Gasteiger partial charge >= 0.3 is 0 Å². The molecule has 4 rings (SSSR count). The highest BCUT2D eigenvalue weighted by Crippen LogP contribution is 2.36. The highest BCUT2D eigenvalue weighted by molar-refractivity contribution is 4.91. The average molecular weight is 338 g/mol. The van der Waals surface area contributed by atoms with Gasteiger partial charge in [0.15, 0.2) is 0 Å². The highest BCUT2D eigenvalue weighted by atomic mass is 15.2. The van der Waals surface area contributed by atoms with E-state index in [0.29, 0.717) is 0 Å². The number of hydrogen-bond donors (Lipinski definition) is 0. The Balaban J connectivity index is 0.000000135. The van der Waals surface area contributed by atoms with Gasteiger partial charge in [-0.1, -0.05) is 13.8 Å². The zero-order valence-electron chi connectivity index (χ0n) is 17.3. The van der Waals surface area contributed by atoms with E-state index in [4.69, 9.17) is 0 Å². The summed E-state index contributed by atoms with van der Waals surface area (Å²) in [5.41, 5.74) is 0. The molecule has 0 spiro atoms. The van der Waals surface area contributed by atoms with Crippen molar-refractivity contribution in [1.29, 1.82) is 0 Å². The third kappa shape index (κ3) is 6.00. The first-order valence-corrected chi connectivity index (χ1v) is 10.5. The van der Waals surface area contributed by atoms with Crippen LogP contribution in [-0.4, -0.2) is 73.6 Å². The predicted octanol–water partition coefficient (Wildman–Crippen LogP) is 3.94. The Morgan fingerprint density at radius 1 is 0.625 bits per heavy atom. The fourth-order valence-corrected chi connectivity index (χ4v) is 4.47. The molecule has 0 saturated carbocycles. The molecular weight excluding hydrogens is 294 g/mol. The van der Waals surface area contributed by atoms with Crippen LogP contribution in [0.2, 0.25) is 0 Å². The molecule has 24 heavy (non-hydrogen) atoms. The lowest BCUT2D eigenvalue weighted by atomic mass is 9.93. The van der Waals surface area contributed by atoms with Crippen molar-refractivity contribution in [1.82, 2.24) is 14.7 Å². The second-order valence-corrected chi connectivity index (χ2v) is 9.23. The van der Waals surface area contributed by atoms with E-state index in [1.807, 2.05) is 0 Å². The molecule has 3 atom stereocenters. The molecule has 3 nitrogen and oxygen atoms in total. The number of hydrogen-bond acceptors (Lipinski definition) is 3. The number of rotatable bonds is 0. The molecule has 4 saturated heterocycles. The summed E-state index contributed by atoms with van der Waals surface area (Å²) in [5, 5.41) is 0. The largest absolute Gasteiger partial charge is 0.306 e. The Bertz CT molecular complexity index is 319. The van der Waals surface area contributed by atoms with Crippen molar-refractivity contribution in [3.8, 4) is 0 Å². The number of nitrogens with zero attached hydrogens (tertiary/aromatic N) is 3. The topological polar surface area (TPSA) is 9.72 Å². The third-order valence-electron chi connectivity index (χ3n) is 6.99. The number of likely N-dealkylation sites (tertiary alicyclic amines) is 2. The van der Waals surface area contributed by atoms with Crippen molar-refractivity contribution < 1.29 is 0 Å². The SMILES string of the molecule is CC1CC2CCC(C1)N2C.CC1CCN(C)CC1.CC1CCN1C. The molecule has 2 bridgehead atoms. The molecule has 4 aliphatic rings. The lowest BCUT2D eigenvalue weighted by Crippen LogP contribution is -2.41. The van der Waals surface area contributed by atoms with Gasteiger partial charge in [0, 0.05) is 18.1 Å². The van der Waals surface area contributed by atoms with Crippen LogP contribution in [-0.2, 0) is 0 Å². The van der Waals surface area contributed by atoms with Gasteiger partial charge in [-0.25, -0.2) is 0 Å². The van der Waals surface area contributed by atoms with Gasteiger partial charge in [-0.15, -0.1) is 0 Å². The fraction of sp³-hybridized carbons (Fsp3) is 1.00. The summed E-state index contributed by atoms with van der Waals surface area (Å²) >= 11 is 0. The molecule has 0 aliphatic carbocycles. The first kappa shape index (κ1) is 20.2. The first-order chi connectivity index (χ1) is 11.4. The molecule has 0 radical (unpaired) electrons. The Hall–Kier alpha value is -0.120. The van der Waals surface area contributed by atoms with E-state index in [1.54, 1.807) is 0 Å². The van der Waals surface area contributed by atoms with Gasteiger partial charge in [0.05, 0.1) is 0 Å². The zero-order valence-corrected chi connectivity index (χ0v) is 17.3. The Morgan fingerprint density at radius 2 is 1.12 bits per heavy atom. The molecule has 0 aromatic carbocycles. The van der Waals surface area contributed by atoms with Crippen molar-refractivity contribution >= 4 is 0 Å². The summed E-state index contributed by atoms with van der Waals surface area (Å²) in [6, 6.07) is 2.74. The second kappa shape index (κ2) is 9.54. The van der Waals surface area contributed by atoms with Crippen molar-refractivity contribution in [3.05, 3.63) is 0 Å². The second-order valence-electron chi connectivity index (χ2n) is 9.23. The normalized spacial score (nSPS) is 37.8. The predicted molar refractivity (Wildman–Crippen MR) is 106 cm³/mol. The zero-order chi connectivity index (χ0) is 17.7. The lowest BCUT2D eigenvalue weighted by Gasteiger charge is -2.34. The minimum atomic E-state index is 0.866. The van der Waals surface area contributed by atoms with E-state index in [1.165, 1.54) is 64.6 Å². The summed E-state index contributed by atoms with van der Waals surface area (Å²) in [6.07, 6.45) is 10.0. The number of fused-ring (bicyclic) bond motifs is 2. The quantitative estimate of drug-likeness (QED) is 0.663. The van der Waals surface area contributed by atoms with Gasteiger partial charge in [-0.05, 0) is 104 Å². The first-order valence-electron chi connectivity index (χ1n) is 10.5. The molecule has 3 heteroatoms. The molecule has 142 valence electrons. The minimum Gasteiger partial charge on any atom is -0.306 e. The van der Waals surface area contributed by atoms with Crippen LogP contribution in [0.3, 0.4) is 0 Å². The van der Waals surface area contributed by atoms with Gasteiger partial charge in [-0.3, -0.25) is 0 Å². The maximum atomic E-state index is 2.60. The fourth-order valence-electron chi connectivity index (χ4n) is 4.47. The maximum Gasteiger partial charge on any atom is 0.00982 e. The van der Waals surface area contributed by atoms with Crippen LogP contribution in [0.5, 0.6) is 0 Å². The van der Waals surface area contributed by atoms with E-state index in [-0.39, 0.29) is 0 Å². The van der Waals surface area contributed by atoms with Crippen molar-refractivity contribution in [3.63, 3.8) is 0 Å². The lowest BCUT2D eigenvalue weighted by molar-refractivity contribution is 0.142. The van der Waals surface area contributed by atoms with Gasteiger partial charge in [0.25, 0.3) is 0 Å². The summed E-state index contributed by atoms with van der Waals surface area (Å²) in [7, 11) is 6.66. The van der Waals surface area contributed by atoms with E-state index >= 15 is 0 Å². The summed E-state index contributed by atoms with van der Waals surface area (Å²) in [5.74, 6) is 1.97. The van der Waals surface area contributed by atoms with E-state index < -0.39 is 0 Å². The Kier molecular flexibility index (Phi) is 8.03. The van der Waals surface area contributed by atoms with E-state index in [0.717, 1.165) is 30.0 Å². The van der Waals surface area contributed by atoms with E-state index in [9.17, 15) is 0 Å². The standard InChI is InChI=1S/C9H17N.C7H15N.C5H11N/c1-7-5-8-3-4-9(6-7)10(8)2;1-7-3-5-8(2)6-4-7;1-5-3-4-6(5)2/h7-9H,3-6H2,1-2H3;7H,3-6H2,1-2H3;5H,3-4H2,1-2H3. The van der Waals surface area contributed by atoms with Crippen molar-refractivity contribution in [2.45, 2.75) is 83.8 Å².